The summed E-state index contributed by atoms with van der Waals surface area (Å²) < 4.78 is 4.99. The van der Waals surface area contributed by atoms with Crippen LogP contribution in [0.1, 0.15) is 26.7 Å². The fourth-order valence-electron chi connectivity index (χ4n) is 1.62. The van der Waals surface area contributed by atoms with E-state index in [1.165, 1.54) is 0 Å². The predicted octanol–water partition coefficient (Wildman–Crippen LogP) is 0.960. The average molecular weight is 201 g/mol. The van der Waals surface area contributed by atoms with Crippen LogP contribution in [0.2, 0.25) is 0 Å². The lowest BCUT2D eigenvalue weighted by atomic mass is 10.0. The largest absolute Gasteiger partial charge is 0.480 e. The summed E-state index contributed by atoms with van der Waals surface area (Å²) in [5.41, 5.74) is -0.778. The summed E-state index contributed by atoms with van der Waals surface area (Å²) in [7, 11) is 1.64. The van der Waals surface area contributed by atoms with E-state index in [1.807, 2.05) is 4.90 Å². The molecule has 4 heteroatoms. The maximum Gasteiger partial charge on any atom is 0.323 e. The van der Waals surface area contributed by atoms with Crippen LogP contribution in [0.15, 0.2) is 0 Å². The first-order chi connectivity index (χ1) is 6.50. The summed E-state index contributed by atoms with van der Waals surface area (Å²) >= 11 is 0. The standard InChI is InChI=1S/C10H19NO3/c1-10(2,9(12)13)11(6-7-14-3)8-4-5-8/h8H,4-7H2,1-3H3,(H,12,13). The van der Waals surface area contributed by atoms with Gasteiger partial charge in [-0.25, -0.2) is 0 Å². The minimum Gasteiger partial charge on any atom is -0.480 e. The van der Waals surface area contributed by atoms with Gasteiger partial charge in [0.2, 0.25) is 0 Å². The summed E-state index contributed by atoms with van der Waals surface area (Å²) in [5, 5.41) is 9.11. The second kappa shape index (κ2) is 4.28. The van der Waals surface area contributed by atoms with Gasteiger partial charge in [0.1, 0.15) is 5.54 Å². The lowest BCUT2D eigenvalue weighted by molar-refractivity contribution is -0.150. The Hall–Kier alpha value is -0.610. The summed E-state index contributed by atoms with van der Waals surface area (Å²) in [4.78, 5) is 13.1. The Labute approximate surface area is 84.8 Å². The van der Waals surface area contributed by atoms with Crippen LogP contribution in [-0.2, 0) is 9.53 Å². The molecule has 1 fully saturated rings. The molecule has 0 saturated heterocycles. The van der Waals surface area contributed by atoms with E-state index in [-0.39, 0.29) is 0 Å². The molecule has 0 aromatic carbocycles. The molecule has 0 aromatic rings. The maximum absolute atomic E-state index is 11.1. The second-order valence-corrected chi connectivity index (χ2v) is 4.28. The number of hydrogen-bond acceptors (Lipinski definition) is 3. The smallest absolute Gasteiger partial charge is 0.323 e. The maximum atomic E-state index is 11.1. The van der Waals surface area contributed by atoms with Crippen LogP contribution < -0.4 is 0 Å². The van der Waals surface area contributed by atoms with Gasteiger partial charge in [-0.2, -0.15) is 0 Å². The molecule has 0 aliphatic heterocycles. The molecule has 0 unspecified atom stereocenters. The van der Waals surface area contributed by atoms with E-state index in [4.69, 9.17) is 9.84 Å². The van der Waals surface area contributed by atoms with E-state index in [0.29, 0.717) is 19.2 Å². The monoisotopic (exact) mass is 201 g/mol. The van der Waals surface area contributed by atoms with Crippen molar-refractivity contribution < 1.29 is 14.6 Å². The second-order valence-electron chi connectivity index (χ2n) is 4.28. The van der Waals surface area contributed by atoms with E-state index in [0.717, 1.165) is 12.8 Å². The van der Waals surface area contributed by atoms with Crippen molar-refractivity contribution in [1.29, 1.82) is 0 Å². The van der Waals surface area contributed by atoms with Gasteiger partial charge in [-0.3, -0.25) is 9.69 Å². The van der Waals surface area contributed by atoms with Crippen LogP contribution in [0.4, 0.5) is 0 Å². The zero-order valence-electron chi connectivity index (χ0n) is 9.12. The Bertz CT molecular complexity index is 211. The molecular formula is C10H19NO3. The highest BCUT2D eigenvalue weighted by atomic mass is 16.5. The van der Waals surface area contributed by atoms with Crippen molar-refractivity contribution in [2.45, 2.75) is 38.3 Å². The zero-order chi connectivity index (χ0) is 10.8. The number of methoxy groups -OCH3 is 1. The van der Waals surface area contributed by atoms with Gasteiger partial charge >= 0.3 is 5.97 Å². The van der Waals surface area contributed by atoms with Gasteiger partial charge in [-0.05, 0) is 26.7 Å². The molecule has 0 spiro atoms. The molecule has 0 heterocycles. The highest BCUT2D eigenvalue weighted by Crippen LogP contribution is 2.32. The first kappa shape index (κ1) is 11.5. The lowest BCUT2D eigenvalue weighted by Gasteiger charge is -2.35. The number of carboxylic acids is 1. The quantitative estimate of drug-likeness (QED) is 0.695. The fourth-order valence-corrected chi connectivity index (χ4v) is 1.62. The van der Waals surface area contributed by atoms with Crippen molar-refractivity contribution in [3.05, 3.63) is 0 Å². The fraction of sp³-hybridized carbons (Fsp3) is 0.900. The predicted molar refractivity (Wildman–Crippen MR) is 53.3 cm³/mol. The van der Waals surface area contributed by atoms with E-state index >= 15 is 0 Å². The van der Waals surface area contributed by atoms with Crippen molar-refractivity contribution >= 4 is 5.97 Å². The third kappa shape index (κ3) is 2.45. The molecule has 1 N–H and O–H groups in total. The Morgan fingerprint density at radius 2 is 2.14 bits per heavy atom. The number of aliphatic carboxylic acids is 1. The highest BCUT2D eigenvalue weighted by Gasteiger charge is 2.42. The van der Waals surface area contributed by atoms with Crippen LogP contribution >= 0.6 is 0 Å². The Morgan fingerprint density at radius 3 is 2.50 bits per heavy atom. The zero-order valence-corrected chi connectivity index (χ0v) is 9.12. The van der Waals surface area contributed by atoms with Crippen molar-refractivity contribution in [1.82, 2.24) is 4.90 Å². The van der Waals surface area contributed by atoms with Gasteiger partial charge in [0.05, 0.1) is 6.61 Å². The Kier molecular flexibility index (Phi) is 3.50. The first-order valence-electron chi connectivity index (χ1n) is 4.99. The molecule has 0 amide bonds. The molecule has 0 bridgehead atoms. The minimum atomic E-state index is -0.778. The molecule has 4 nitrogen and oxygen atoms in total. The molecule has 1 aliphatic carbocycles. The van der Waals surface area contributed by atoms with E-state index in [1.54, 1.807) is 21.0 Å². The molecule has 1 rings (SSSR count). The number of nitrogens with zero attached hydrogens (tertiary/aromatic N) is 1. The molecule has 1 saturated carbocycles. The van der Waals surface area contributed by atoms with Crippen LogP contribution in [-0.4, -0.2) is 47.8 Å². The van der Waals surface area contributed by atoms with Gasteiger partial charge in [-0.1, -0.05) is 0 Å². The van der Waals surface area contributed by atoms with Crippen LogP contribution in [0.25, 0.3) is 0 Å². The van der Waals surface area contributed by atoms with Gasteiger partial charge in [0.25, 0.3) is 0 Å². The van der Waals surface area contributed by atoms with Gasteiger partial charge in [0, 0.05) is 19.7 Å². The van der Waals surface area contributed by atoms with Crippen molar-refractivity contribution in [2.75, 3.05) is 20.3 Å². The average Bonchev–Trinajstić information content (AvgIpc) is 2.88. The lowest BCUT2D eigenvalue weighted by Crippen LogP contribution is -2.52. The number of hydrogen-bond donors (Lipinski definition) is 1. The Morgan fingerprint density at radius 1 is 1.57 bits per heavy atom. The third-order valence-corrected chi connectivity index (χ3v) is 2.77. The molecule has 0 aromatic heterocycles. The number of rotatable bonds is 6. The van der Waals surface area contributed by atoms with E-state index < -0.39 is 11.5 Å². The molecule has 14 heavy (non-hydrogen) atoms. The van der Waals surface area contributed by atoms with Gasteiger partial charge in [-0.15, -0.1) is 0 Å². The van der Waals surface area contributed by atoms with E-state index in [2.05, 4.69) is 0 Å². The molecule has 0 atom stereocenters. The van der Waals surface area contributed by atoms with Crippen molar-refractivity contribution in [3.8, 4) is 0 Å². The van der Waals surface area contributed by atoms with Crippen LogP contribution in [0.5, 0.6) is 0 Å². The molecule has 1 aliphatic rings. The third-order valence-electron chi connectivity index (χ3n) is 2.77. The van der Waals surface area contributed by atoms with Crippen molar-refractivity contribution in [3.63, 3.8) is 0 Å². The summed E-state index contributed by atoms with van der Waals surface area (Å²) in [6.45, 7) is 4.79. The molecule has 82 valence electrons. The first-order valence-corrected chi connectivity index (χ1v) is 4.99. The van der Waals surface area contributed by atoms with Crippen molar-refractivity contribution in [2.24, 2.45) is 0 Å². The topological polar surface area (TPSA) is 49.8 Å². The van der Waals surface area contributed by atoms with Crippen LogP contribution in [0.3, 0.4) is 0 Å². The van der Waals surface area contributed by atoms with Gasteiger partial charge in [0.15, 0.2) is 0 Å². The van der Waals surface area contributed by atoms with Crippen LogP contribution in [0, 0.1) is 0 Å². The number of ether oxygens (including phenoxy) is 1. The normalized spacial score (nSPS) is 17.4. The molecular weight excluding hydrogens is 182 g/mol. The van der Waals surface area contributed by atoms with Gasteiger partial charge < -0.3 is 9.84 Å². The summed E-state index contributed by atoms with van der Waals surface area (Å²) in [6, 6.07) is 0.441. The number of carboxylic acid groups (broad SMARTS) is 1. The minimum absolute atomic E-state index is 0.441. The highest BCUT2D eigenvalue weighted by molar-refractivity contribution is 5.77. The summed E-state index contributed by atoms with van der Waals surface area (Å²) in [6.07, 6.45) is 2.22. The van der Waals surface area contributed by atoms with E-state index in [9.17, 15) is 4.79 Å². The summed E-state index contributed by atoms with van der Waals surface area (Å²) in [5.74, 6) is -0.763. The SMILES string of the molecule is COCCN(C1CC1)C(C)(C)C(=O)O. The number of carbonyl (C=O) groups is 1. The molecule has 0 radical (unpaired) electrons. The Balaban J connectivity index is 2.60.